The van der Waals surface area contributed by atoms with E-state index >= 15 is 0 Å². The number of nitrogens with zero attached hydrogens (tertiary/aromatic N) is 3. The van der Waals surface area contributed by atoms with Crippen LogP contribution in [0.1, 0.15) is 51.2 Å². The Labute approximate surface area is 217 Å². The number of amidine groups is 1. The van der Waals surface area contributed by atoms with Crippen LogP contribution in [0.5, 0.6) is 0 Å². The molecule has 0 aliphatic heterocycles. The topological polar surface area (TPSA) is 129 Å². The quantitative estimate of drug-likeness (QED) is 0.144. The second kappa shape index (κ2) is 12.7. The molecule has 1 atom stereocenters. The molecule has 8 heteroatoms. The lowest BCUT2D eigenvalue weighted by Gasteiger charge is -2.31. The summed E-state index contributed by atoms with van der Waals surface area (Å²) in [4.78, 5) is 31.0. The average Bonchev–Trinajstić information content (AvgIpc) is 2.91. The fourth-order valence-electron chi connectivity index (χ4n) is 4.31. The summed E-state index contributed by atoms with van der Waals surface area (Å²) in [5.74, 6) is -1.49. The Kier molecular flexibility index (Phi) is 9.38. The van der Waals surface area contributed by atoms with Crippen molar-refractivity contribution in [1.29, 1.82) is 0 Å². The molecule has 0 aliphatic carbocycles. The predicted molar refractivity (Wildman–Crippen MR) is 144 cm³/mol. The molecule has 0 fully saturated rings. The number of benzene rings is 2. The van der Waals surface area contributed by atoms with Crippen LogP contribution in [-0.4, -0.2) is 44.0 Å². The molecular weight excluding hydrogens is 468 g/mol. The summed E-state index contributed by atoms with van der Waals surface area (Å²) in [7, 11) is 0. The Hall–Kier alpha value is -4.20. The van der Waals surface area contributed by atoms with E-state index < -0.39 is 12.0 Å². The lowest BCUT2D eigenvalue weighted by molar-refractivity contribution is -0.153. The number of unbranched alkanes of at least 4 members (excludes halogenated alkanes) is 1. The van der Waals surface area contributed by atoms with Gasteiger partial charge in [0.05, 0.1) is 5.69 Å². The number of rotatable bonds is 11. The van der Waals surface area contributed by atoms with Gasteiger partial charge >= 0.3 is 5.97 Å². The number of amides is 1. The summed E-state index contributed by atoms with van der Waals surface area (Å²) in [5.41, 5.74) is 10.4. The highest BCUT2D eigenvalue weighted by atomic mass is 16.4. The molecule has 4 N–H and O–H groups in total. The van der Waals surface area contributed by atoms with Crippen molar-refractivity contribution in [3.63, 3.8) is 0 Å². The second-order valence-corrected chi connectivity index (χ2v) is 9.32. The average molecular weight is 503 g/mol. The zero-order chi connectivity index (χ0) is 26.9. The van der Waals surface area contributed by atoms with E-state index in [-0.39, 0.29) is 24.2 Å². The van der Waals surface area contributed by atoms with Crippen molar-refractivity contribution in [3.05, 3.63) is 78.0 Å². The molecule has 1 unspecified atom stereocenters. The van der Waals surface area contributed by atoms with Crippen LogP contribution >= 0.6 is 0 Å². The molecule has 0 bridgehead atoms. The highest BCUT2D eigenvalue weighted by Gasteiger charge is 2.32. The Morgan fingerprint density at radius 2 is 1.78 bits per heavy atom. The van der Waals surface area contributed by atoms with Crippen molar-refractivity contribution in [2.75, 3.05) is 0 Å². The Bertz CT molecular complexity index is 1240. The number of nitrogens with two attached hydrogens (primary N) is 1. The van der Waals surface area contributed by atoms with Gasteiger partial charge in [-0.3, -0.25) is 9.78 Å². The van der Waals surface area contributed by atoms with Crippen LogP contribution in [0.3, 0.4) is 0 Å². The number of carboxylic acids is 1. The van der Waals surface area contributed by atoms with Gasteiger partial charge in [0.25, 0.3) is 0 Å². The molecular formula is C29H34N4O4. The maximum atomic E-state index is 13.0. The first kappa shape index (κ1) is 27.4. The molecule has 3 rings (SSSR count). The van der Waals surface area contributed by atoms with E-state index in [1.165, 1.54) is 4.90 Å². The highest BCUT2D eigenvalue weighted by molar-refractivity contribution is 6.03. The van der Waals surface area contributed by atoms with Gasteiger partial charge in [0.1, 0.15) is 6.04 Å². The molecule has 1 aromatic heterocycles. The zero-order valence-electron chi connectivity index (χ0n) is 21.5. The number of carboxylic acid groups (broad SMARTS) is 1. The van der Waals surface area contributed by atoms with Crippen LogP contribution < -0.4 is 5.73 Å². The third-order valence-corrected chi connectivity index (χ3v) is 6.25. The van der Waals surface area contributed by atoms with Gasteiger partial charge in [0.15, 0.2) is 5.84 Å². The largest absolute Gasteiger partial charge is 0.480 e. The normalized spacial score (nSPS) is 12.4. The van der Waals surface area contributed by atoms with Crippen molar-refractivity contribution < 1.29 is 19.9 Å². The van der Waals surface area contributed by atoms with Gasteiger partial charge in [-0.25, -0.2) is 4.79 Å². The summed E-state index contributed by atoms with van der Waals surface area (Å²) in [6.45, 7) is 5.73. The summed E-state index contributed by atoms with van der Waals surface area (Å²) in [5, 5.41) is 22.3. The Balaban J connectivity index is 1.97. The monoisotopic (exact) mass is 502 g/mol. The van der Waals surface area contributed by atoms with Crippen molar-refractivity contribution in [1.82, 2.24) is 9.88 Å². The fraction of sp³-hybridized carbons (Fsp3) is 0.310. The Morgan fingerprint density at radius 3 is 2.35 bits per heavy atom. The smallest absolute Gasteiger partial charge is 0.326 e. The molecule has 1 amide bonds. The molecule has 37 heavy (non-hydrogen) atoms. The second-order valence-electron chi connectivity index (χ2n) is 9.32. The number of aromatic nitrogens is 1. The number of hydrogen-bond acceptors (Lipinski definition) is 5. The minimum Gasteiger partial charge on any atom is -0.480 e. The van der Waals surface area contributed by atoms with Crippen molar-refractivity contribution in [3.8, 4) is 22.4 Å². The summed E-state index contributed by atoms with van der Waals surface area (Å²) < 4.78 is 0. The molecule has 0 spiro atoms. The minimum atomic E-state index is -1.02. The van der Waals surface area contributed by atoms with Gasteiger partial charge in [-0.2, -0.15) is 0 Å². The minimum absolute atomic E-state index is 0.0329. The van der Waals surface area contributed by atoms with E-state index in [1.807, 2.05) is 55.5 Å². The van der Waals surface area contributed by atoms with E-state index in [4.69, 9.17) is 5.73 Å². The number of carbonyl (C=O) groups excluding carboxylic acids is 1. The van der Waals surface area contributed by atoms with Crippen LogP contribution in [0.25, 0.3) is 22.4 Å². The molecule has 2 aromatic carbocycles. The SMILES string of the molecule is CCCCC(=O)N(Cc1ccc(-c2cc(-c3ccccc3)ccc2C(N)=NO)nc1)C(C(=O)O)C(C)C. The molecule has 0 saturated heterocycles. The van der Waals surface area contributed by atoms with Crippen LogP contribution in [0, 0.1) is 5.92 Å². The Morgan fingerprint density at radius 1 is 1.05 bits per heavy atom. The zero-order valence-corrected chi connectivity index (χ0v) is 21.5. The molecule has 1 heterocycles. The number of aliphatic carboxylic acids is 1. The lowest BCUT2D eigenvalue weighted by Crippen LogP contribution is -2.47. The van der Waals surface area contributed by atoms with E-state index in [2.05, 4.69) is 10.1 Å². The summed E-state index contributed by atoms with van der Waals surface area (Å²) in [6.07, 6.45) is 3.49. The van der Waals surface area contributed by atoms with Crippen molar-refractivity contribution in [2.45, 2.75) is 52.6 Å². The van der Waals surface area contributed by atoms with Gasteiger partial charge in [0.2, 0.25) is 5.91 Å². The third-order valence-electron chi connectivity index (χ3n) is 6.25. The standard InChI is InChI=1S/C29H34N4O4/c1-4-5-11-26(34)33(27(19(2)3)29(35)36)18-20-12-15-25(31-17-20)24-16-22(21-9-7-6-8-10-21)13-14-23(24)28(30)32-37/h6-10,12-17,19,27,37H,4-5,11,18H2,1-3H3,(H2,30,32)(H,35,36). The number of hydrogen-bond donors (Lipinski definition) is 3. The van der Waals surface area contributed by atoms with E-state index in [9.17, 15) is 19.9 Å². The lowest BCUT2D eigenvalue weighted by atomic mass is 9.96. The maximum absolute atomic E-state index is 13.0. The van der Waals surface area contributed by atoms with Crippen LogP contribution in [0.15, 0.2) is 72.0 Å². The van der Waals surface area contributed by atoms with Crippen LogP contribution in [-0.2, 0) is 16.1 Å². The number of carbonyl (C=O) groups is 2. The molecule has 0 saturated carbocycles. The fourth-order valence-corrected chi connectivity index (χ4v) is 4.31. The first-order valence-corrected chi connectivity index (χ1v) is 12.4. The first-order valence-electron chi connectivity index (χ1n) is 12.4. The van der Waals surface area contributed by atoms with Crippen LogP contribution in [0.4, 0.5) is 0 Å². The van der Waals surface area contributed by atoms with Gasteiger partial charge in [-0.1, -0.05) is 74.8 Å². The predicted octanol–water partition coefficient (Wildman–Crippen LogP) is 5.14. The van der Waals surface area contributed by atoms with Gasteiger partial charge < -0.3 is 20.9 Å². The molecule has 0 radical (unpaired) electrons. The van der Waals surface area contributed by atoms with E-state index in [1.54, 1.807) is 32.2 Å². The van der Waals surface area contributed by atoms with Crippen molar-refractivity contribution >= 4 is 17.7 Å². The highest BCUT2D eigenvalue weighted by Crippen LogP contribution is 2.29. The summed E-state index contributed by atoms with van der Waals surface area (Å²) in [6, 6.07) is 18.2. The van der Waals surface area contributed by atoms with Gasteiger partial charge in [-0.15, -0.1) is 0 Å². The summed E-state index contributed by atoms with van der Waals surface area (Å²) >= 11 is 0. The van der Waals surface area contributed by atoms with Gasteiger partial charge in [-0.05, 0) is 47.2 Å². The van der Waals surface area contributed by atoms with Crippen molar-refractivity contribution in [2.24, 2.45) is 16.8 Å². The molecule has 3 aromatic rings. The number of pyridine rings is 1. The van der Waals surface area contributed by atoms with Crippen LogP contribution in [0.2, 0.25) is 0 Å². The third kappa shape index (κ3) is 6.73. The van der Waals surface area contributed by atoms with Gasteiger partial charge in [0, 0.05) is 30.3 Å². The maximum Gasteiger partial charge on any atom is 0.326 e. The first-order chi connectivity index (χ1) is 17.8. The molecule has 0 aliphatic rings. The molecule has 194 valence electrons. The molecule has 8 nitrogen and oxygen atoms in total. The number of oxime groups is 1. The van der Waals surface area contributed by atoms with E-state index in [0.717, 1.165) is 17.5 Å². The van der Waals surface area contributed by atoms with E-state index in [0.29, 0.717) is 35.2 Å².